The quantitative estimate of drug-likeness (QED) is 0.768. The number of aliphatic carboxylic acids is 1. The van der Waals surface area contributed by atoms with Gasteiger partial charge >= 0.3 is 5.97 Å². The van der Waals surface area contributed by atoms with Crippen molar-refractivity contribution in [2.45, 2.75) is 18.4 Å². The molecule has 0 bridgehead atoms. The Bertz CT molecular complexity index is 370. The molecule has 2 unspecified atom stereocenters. The molecule has 1 rings (SSSR count). The van der Waals surface area contributed by atoms with E-state index in [4.69, 9.17) is 16.1 Å². The summed E-state index contributed by atoms with van der Waals surface area (Å²) in [5.41, 5.74) is 6.42. The molecule has 0 saturated carbocycles. The van der Waals surface area contributed by atoms with E-state index in [9.17, 15) is 4.79 Å². The topological polar surface area (TPSA) is 87.1 Å². The summed E-state index contributed by atoms with van der Waals surface area (Å²) in [4.78, 5) is 10.5. The van der Waals surface area contributed by atoms with Crippen LogP contribution in [0, 0.1) is 11.3 Å². The van der Waals surface area contributed by atoms with Crippen LogP contribution in [0.4, 0.5) is 0 Å². The second-order valence-electron chi connectivity index (χ2n) is 3.28. The van der Waals surface area contributed by atoms with Gasteiger partial charge in [-0.15, -0.1) is 0 Å². The fraction of sp³-hybridized carbons (Fsp3) is 0.273. The number of carboxylic acids is 1. The van der Waals surface area contributed by atoms with E-state index in [0.717, 1.165) is 5.56 Å². The number of rotatable bonds is 4. The number of benzene rings is 1. The lowest BCUT2D eigenvalue weighted by atomic mass is 9.91. The summed E-state index contributed by atoms with van der Waals surface area (Å²) >= 11 is 0. The zero-order chi connectivity index (χ0) is 11.3. The molecular weight excluding hydrogens is 192 g/mol. The summed E-state index contributed by atoms with van der Waals surface area (Å²) < 4.78 is 0. The van der Waals surface area contributed by atoms with Crippen LogP contribution in [0.15, 0.2) is 30.3 Å². The third-order valence-electron chi connectivity index (χ3n) is 2.14. The lowest BCUT2D eigenvalue weighted by molar-refractivity contribution is -0.137. The van der Waals surface area contributed by atoms with Crippen LogP contribution in [0.1, 0.15) is 17.9 Å². The van der Waals surface area contributed by atoms with Crippen LogP contribution in [-0.2, 0) is 4.79 Å². The first-order valence-corrected chi connectivity index (χ1v) is 4.57. The summed E-state index contributed by atoms with van der Waals surface area (Å²) in [6.07, 6.45) is -0.201. The van der Waals surface area contributed by atoms with Gasteiger partial charge in [-0.2, -0.15) is 5.26 Å². The minimum Gasteiger partial charge on any atom is -0.481 e. The van der Waals surface area contributed by atoms with E-state index in [0.29, 0.717) is 0 Å². The number of hydrogen-bond acceptors (Lipinski definition) is 3. The Balaban J connectivity index is 2.81. The predicted molar refractivity (Wildman–Crippen MR) is 55.0 cm³/mol. The number of nitriles is 1. The van der Waals surface area contributed by atoms with Gasteiger partial charge in [0.1, 0.15) is 0 Å². The van der Waals surface area contributed by atoms with Gasteiger partial charge in [-0.3, -0.25) is 4.79 Å². The van der Waals surface area contributed by atoms with Crippen molar-refractivity contribution < 1.29 is 9.90 Å². The monoisotopic (exact) mass is 204 g/mol. The Kier molecular flexibility index (Phi) is 3.83. The SMILES string of the molecule is N#CC(c1ccccc1)C(N)CC(=O)O. The van der Waals surface area contributed by atoms with Crippen LogP contribution in [0.3, 0.4) is 0 Å². The fourth-order valence-corrected chi connectivity index (χ4v) is 1.40. The van der Waals surface area contributed by atoms with Crippen LogP contribution in [-0.4, -0.2) is 17.1 Å². The smallest absolute Gasteiger partial charge is 0.304 e. The second kappa shape index (κ2) is 5.13. The van der Waals surface area contributed by atoms with E-state index in [1.54, 1.807) is 24.3 Å². The van der Waals surface area contributed by atoms with Gasteiger partial charge < -0.3 is 10.8 Å². The highest BCUT2D eigenvalue weighted by Crippen LogP contribution is 2.19. The highest BCUT2D eigenvalue weighted by Gasteiger charge is 2.21. The Hall–Kier alpha value is -1.86. The highest BCUT2D eigenvalue weighted by molar-refractivity contribution is 5.67. The zero-order valence-electron chi connectivity index (χ0n) is 8.13. The normalized spacial score (nSPS) is 13.9. The number of carbonyl (C=O) groups is 1. The molecule has 15 heavy (non-hydrogen) atoms. The van der Waals surface area contributed by atoms with Crippen LogP contribution in [0.5, 0.6) is 0 Å². The molecule has 4 heteroatoms. The maximum absolute atomic E-state index is 10.5. The number of carboxylic acid groups (broad SMARTS) is 1. The van der Waals surface area contributed by atoms with Crippen molar-refractivity contribution >= 4 is 5.97 Å². The number of hydrogen-bond donors (Lipinski definition) is 2. The van der Waals surface area contributed by atoms with E-state index in [1.165, 1.54) is 0 Å². The Morgan fingerprint density at radius 2 is 2.07 bits per heavy atom. The minimum absolute atomic E-state index is 0.201. The van der Waals surface area contributed by atoms with Gasteiger partial charge in [-0.25, -0.2) is 0 Å². The molecule has 4 nitrogen and oxygen atoms in total. The molecule has 0 spiro atoms. The average Bonchev–Trinajstić information content (AvgIpc) is 2.19. The summed E-state index contributed by atoms with van der Waals surface area (Å²) in [7, 11) is 0. The molecule has 0 fully saturated rings. The number of nitrogens with zero attached hydrogens (tertiary/aromatic N) is 1. The summed E-state index contributed by atoms with van der Waals surface area (Å²) in [6, 6.07) is 10.3. The molecule has 0 saturated heterocycles. The molecule has 78 valence electrons. The molecule has 0 aliphatic carbocycles. The van der Waals surface area contributed by atoms with Crippen molar-refractivity contribution in [1.82, 2.24) is 0 Å². The molecule has 1 aromatic rings. The standard InChI is InChI=1S/C11H12N2O2/c12-7-9(10(13)6-11(14)15)8-4-2-1-3-5-8/h1-5,9-10H,6,13H2,(H,14,15). The van der Waals surface area contributed by atoms with Crippen molar-refractivity contribution in [2.24, 2.45) is 5.73 Å². The second-order valence-corrected chi connectivity index (χ2v) is 3.28. The first-order valence-electron chi connectivity index (χ1n) is 4.57. The van der Waals surface area contributed by atoms with E-state index in [-0.39, 0.29) is 6.42 Å². The van der Waals surface area contributed by atoms with Crippen molar-refractivity contribution in [3.05, 3.63) is 35.9 Å². The third kappa shape index (κ3) is 3.08. The van der Waals surface area contributed by atoms with Crippen LogP contribution in [0.25, 0.3) is 0 Å². The summed E-state index contributed by atoms with van der Waals surface area (Å²) in [5.74, 6) is -1.55. The molecular formula is C11H12N2O2. The lowest BCUT2D eigenvalue weighted by Crippen LogP contribution is -2.30. The van der Waals surface area contributed by atoms with Gasteiger partial charge in [0.15, 0.2) is 0 Å². The van der Waals surface area contributed by atoms with Crippen molar-refractivity contribution in [3.8, 4) is 6.07 Å². The van der Waals surface area contributed by atoms with E-state index in [2.05, 4.69) is 0 Å². The molecule has 0 aromatic heterocycles. The maximum Gasteiger partial charge on any atom is 0.304 e. The number of nitrogens with two attached hydrogens (primary N) is 1. The fourth-order valence-electron chi connectivity index (χ4n) is 1.40. The maximum atomic E-state index is 10.5. The summed E-state index contributed by atoms with van der Waals surface area (Å²) in [6.45, 7) is 0. The lowest BCUT2D eigenvalue weighted by Gasteiger charge is -2.15. The van der Waals surface area contributed by atoms with Crippen LogP contribution < -0.4 is 5.73 Å². The van der Waals surface area contributed by atoms with Crippen molar-refractivity contribution in [2.75, 3.05) is 0 Å². The molecule has 0 radical (unpaired) electrons. The van der Waals surface area contributed by atoms with E-state index in [1.807, 2.05) is 12.1 Å². The van der Waals surface area contributed by atoms with E-state index >= 15 is 0 Å². The average molecular weight is 204 g/mol. The third-order valence-corrected chi connectivity index (χ3v) is 2.14. The van der Waals surface area contributed by atoms with E-state index < -0.39 is 17.9 Å². The molecule has 0 amide bonds. The summed E-state index contributed by atoms with van der Waals surface area (Å²) in [5, 5.41) is 17.5. The van der Waals surface area contributed by atoms with Crippen LogP contribution in [0.2, 0.25) is 0 Å². The Labute approximate surface area is 87.9 Å². The molecule has 0 aliphatic heterocycles. The molecule has 3 N–H and O–H groups in total. The minimum atomic E-state index is -0.987. The molecule has 1 aromatic carbocycles. The van der Waals surface area contributed by atoms with Crippen molar-refractivity contribution in [3.63, 3.8) is 0 Å². The van der Waals surface area contributed by atoms with Gasteiger partial charge in [0.05, 0.1) is 18.4 Å². The van der Waals surface area contributed by atoms with Crippen molar-refractivity contribution in [1.29, 1.82) is 5.26 Å². The first-order chi connectivity index (χ1) is 7.15. The van der Waals surface area contributed by atoms with Gasteiger partial charge in [0.2, 0.25) is 0 Å². The highest BCUT2D eigenvalue weighted by atomic mass is 16.4. The van der Waals surface area contributed by atoms with Gasteiger partial charge in [0, 0.05) is 6.04 Å². The Morgan fingerprint density at radius 1 is 1.47 bits per heavy atom. The van der Waals surface area contributed by atoms with Gasteiger partial charge in [-0.05, 0) is 5.56 Å². The molecule has 2 atom stereocenters. The van der Waals surface area contributed by atoms with Gasteiger partial charge in [-0.1, -0.05) is 30.3 Å². The molecule has 0 heterocycles. The van der Waals surface area contributed by atoms with Gasteiger partial charge in [0.25, 0.3) is 0 Å². The van der Waals surface area contributed by atoms with Crippen LogP contribution >= 0.6 is 0 Å². The molecule has 0 aliphatic rings. The predicted octanol–water partition coefficient (Wildman–Crippen LogP) is 1.10. The Morgan fingerprint density at radius 3 is 2.53 bits per heavy atom. The largest absolute Gasteiger partial charge is 0.481 e. The zero-order valence-corrected chi connectivity index (χ0v) is 8.13. The first kappa shape index (κ1) is 11.2.